The maximum Gasteiger partial charge on any atom is 0.146 e. The monoisotopic (exact) mass is 397 g/mol. The lowest BCUT2D eigenvalue weighted by atomic mass is 9.76. The van der Waals surface area contributed by atoms with E-state index in [1.807, 2.05) is 6.07 Å². The number of hydrogen-bond donors (Lipinski definition) is 1. The molecule has 2 aromatic rings. The molecule has 0 amide bonds. The molecule has 0 bridgehead atoms. The highest BCUT2D eigenvalue weighted by atomic mass is 79.9. The van der Waals surface area contributed by atoms with Crippen molar-refractivity contribution < 1.29 is 4.39 Å². The van der Waals surface area contributed by atoms with E-state index in [0.29, 0.717) is 17.6 Å². The van der Waals surface area contributed by atoms with Crippen molar-refractivity contribution in [2.45, 2.75) is 24.8 Å². The summed E-state index contributed by atoms with van der Waals surface area (Å²) in [5.41, 5.74) is 1.93. The molecule has 1 nitrogen and oxygen atoms in total. The molecule has 1 N–H and O–H groups in total. The smallest absolute Gasteiger partial charge is 0.146 e. The molecule has 2 aromatic carbocycles. The average molecular weight is 399 g/mol. The van der Waals surface area contributed by atoms with E-state index in [9.17, 15) is 4.39 Å². The second-order valence-electron chi connectivity index (χ2n) is 5.19. The van der Waals surface area contributed by atoms with Crippen LogP contribution < -0.4 is 5.32 Å². The zero-order valence-electron chi connectivity index (χ0n) is 10.7. The SMILES string of the molecule is Fc1ccc(Br)cc1NC1CC(c2cccc(Br)c2)C1. The summed E-state index contributed by atoms with van der Waals surface area (Å²) in [6, 6.07) is 13.8. The molecule has 0 aromatic heterocycles. The van der Waals surface area contributed by atoms with Gasteiger partial charge in [0.05, 0.1) is 5.69 Å². The molecule has 4 heteroatoms. The van der Waals surface area contributed by atoms with E-state index >= 15 is 0 Å². The van der Waals surface area contributed by atoms with Gasteiger partial charge in [-0.25, -0.2) is 4.39 Å². The largest absolute Gasteiger partial charge is 0.380 e. The van der Waals surface area contributed by atoms with E-state index in [0.717, 1.165) is 21.8 Å². The fourth-order valence-corrected chi connectivity index (χ4v) is 3.37. The standard InChI is InChI=1S/C16H14Br2FN/c17-12-3-1-2-10(6-12)11-7-14(8-11)20-16-9-13(18)4-5-15(16)19/h1-6,9,11,14,20H,7-8H2. The first-order valence-electron chi connectivity index (χ1n) is 6.59. The molecule has 0 radical (unpaired) electrons. The molecule has 1 aliphatic rings. The van der Waals surface area contributed by atoms with Gasteiger partial charge in [0.1, 0.15) is 5.82 Å². The first kappa shape index (κ1) is 14.1. The molecular weight excluding hydrogens is 385 g/mol. The lowest BCUT2D eigenvalue weighted by Crippen LogP contribution is -2.34. The Morgan fingerprint density at radius 1 is 1.00 bits per heavy atom. The zero-order chi connectivity index (χ0) is 14.1. The molecule has 0 spiro atoms. The number of anilines is 1. The van der Waals surface area contributed by atoms with Gasteiger partial charge in [0.2, 0.25) is 0 Å². The molecule has 1 fully saturated rings. The number of benzene rings is 2. The minimum atomic E-state index is -0.195. The minimum Gasteiger partial charge on any atom is -0.380 e. The summed E-state index contributed by atoms with van der Waals surface area (Å²) in [5.74, 6) is 0.374. The van der Waals surface area contributed by atoms with Crippen LogP contribution >= 0.6 is 31.9 Å². The van der Waals surface area contributed by atoms with Gasteiger partial charge in [-0.15, -0.1) is 0 Å². The van der Waals surface area contributed by atoms with Gasteiger partial charge in [-0.3, -0.25) is 0 Å². The van der Waals surface area contributed by atoms with Crippen LogP contribution in [0.2, 0.25) is 0 Å². The molecule has 104 valence electrons. The van der Waals surface area contributed by atoms with Crippen molar-refractivity contribution in [2.24, 2.45) is 0 Å². The van der Waals surface area contributed by atoms with Crippen LogP contribution in [0.15, 0.2) is 51.4 Å². The van der Waals surface area contributed by atoms with E-state index in [1.54, 1.807) is 12.1 Å². The fourth-order valence-electron chi connectivity index (χ4n) is 2.60. The summed E-state index contributed by atoms with van der Waals surface area (Å²) in [6.45, 7) is 0. The van der Waals surface area contributed by atoms with Gasteiger partial charge in [0, 0.05) is 15.0 Å². The molecule has 0 unspecified atom stereocenters. The van der Waals surface area contributed by atoms with Gasteiger partial charge >= 0.3 is 0 Å². The van der Waals surface area contributed by atoms with E-state index in [-0.39, 0.29) is 5.82 Å². The quantitative estimate of drug-likeness (QED) is 0.698. The fraction of sp³-hybridized carbons (Fsp3) is 0.250. The zero-order valence-corrected chi connectivity index (χ0v) is 13.9. The Labute approximate surface area is 134 Å². The number of rotatable bonds is 3. The van der Waals surface area contributed by atoms with Gasteiger partial charge < -0.3 is 5.32 Å². The Bertz CT molecular complexity index is 624. The first-order valence-corrected chi connectivity index (χ1v) is 8.17. The predicted octanol–water partition coefficient (Wildman–Crippen LogP) is 5.71. The third-order valence-corrected chi connectivity index (χ3v) is 4.73. The molecular formula is C16H14Br2FN. The molecule has 0 heterocycles. The van der Waals surface area contributed by atoms with Gasteiger partial charge in [-0.1, -0.05) is 44.0 Å². The third-order valence-electron chi connectivity index (χ3n) is 3.75. The van der Waals surface area contributed by atoms with Gasteiger partial charge in [0.15, 0.2) is 0 Å². The molecule has 0 atom stereocenters. The van der Waals surface area contributed by atoms with E-state index < -0.39 is 0 Å². The number of halogens is 3. The van der Waals surface area contributed by atoms with Gasteiger partial charge in [0.25, 0.3) is 0 Å². The highest BCUT2D eigenvalue weighted by Crippen LogP contribution is 2.39. The Balaban J connectivity index is 1.62. The lowest BCUT2D eigenvalue weighted by Gasteiger charge is -2.37. The average Bonchev–Trinajstić information content (AvgIpc) is 2.37. The van der Waals surface area contributed by atoms with Crippen LogP contribution in [0.1, 0.15) is 24.3 Å². The van der Waals surface area contributed by atoms with E-state index in [4.69, 9.17) is 0 Å². The van der Waals surface area contributed by atoms with Crippen LogP contribution in [0, 0.1) is 5.82 Å². The summed E-state index contributed by atoms with van der Waals surface area (Å²) in [7, 11) is 0. The molecule has 0 aliphatic heterocycles. The lowest BCUT2D eigenvalue weighted by molar-refractivity contribution is 0.373. The van der Waals surface area contributed by atoms with E-state index in [1.165, 1.54) is 11.6 Å². The summed E-state index contributed by atoms with van der Waals surface area (Å²) in [5, 5.41) is 3.29. The highest BCUT2D eigenvalue weighted by molar-refractivity contribution is 9.10. The maximum atomic E-state index is 13.7. The summed E-state index contributed by atoms with van der Waals surface area (Å²) >= 11 is 6.87. The van der Waals surface area contributed by atoms with Crippen LogP contribution in [0.3, 0.4) is 0 Å². The minimum absolute atomic E-state index is 0.195. The topological polar surface area (TPSA) is 12.0 Å². The Hall–Kier alpha value is -0.870. The van der Waals surface area contributed by atoms with Crippen molar-refractivity contribution >= 4 is 37.5 Å². The van der Waals surface area contributed by atoms with E-state index in [2.05, 4.69) is 55.4 Å². The molecule has 0 saturated heterocycles. The van der Waals surface area contributed by atoms with Crippen molar-refractivity contribution in [1.82, 2.24) is 0 Å². The van der Waals surface area contributed by atoms with Crippen molar-refractivity contribution in [2.75, 3.05) is 5.32 Å². The van der Waals surface area contributed by atoms with Crippen molar-refractivity contribution in [3.63, 3.8) is 0 Å². The Morgan fingerprint density at radius 2 is 1.75 bits per heavy atom. The van der Waals surface area contributed by atoms with Crippen LogP contribution in [0.4, 0.5) is 10.1 Å². The Morgan fingerprint density at radius 3 is 2.50 bits per heavy atom. The number of hydrogen-bond acceptors (Lipinski definition) is 1. The van der Waals surface area contributed by atoms with Crippen molar-refractivity contribution in [1.29, 1.82) is 0 Å². The van der Waals surface area contributed by atoms with Crippen LogP contribution in [-0.4, -0.2) is 6.04 Å². The van der Waals surface area contributed by atoms with Gasteiger partial charge in [-0.05, 0) is 54.7 Å². The first-order chi connectivity index (χ1) is 9.61. The summed E-state index contributed by atoms with van der Waals surface area (Å²) in [4.78, 5) is 0. The normalized spacial score (nSPS) is 21.4. The van der Waals surface area contributed by atoms with Crippen molar-refractivity contribution in [3.8, 4) is 0 Å². The summed E-state index contributed by atoms with van der Waals surface area (Å²) in [6.07, 6.45) is 2.09. The van der Waals surface area contributed by atoms with Crippen LogP contribution in [0.25, 0.3) is 0 Å². The molecule has 20 heavy (non-hydrogen) atoms. The molecule has 1 aliphatic carbocycles. The van der Waals surface area contributed by atoms with Crippen LogP contribution in [0.5, 0.6) is 0 Å². The molecule has 3 rings (SSSR count). The Kier molecular flexibility index (Phi) is 4.13. The predicted molar refractivity (Wildman–Crippen MR) is 87.6 cm³/mol. The van der Waals surface area contributed by atoms with Crippen LogP contribution in [-0.2, 0) is 0 Å². The summed E-state index contributed by atoms with van der Waals surface area (Å²) < 4.78 is 15.7. The number of nitrogens with one attached hydrogen (secondary N) is 1. The van der Waals surface area contributed by atoms with Gasteiger partial charge in [-0.2, -0.15) is 0 Å². The second kappa shape index (κ2) is 5.86. The molecule has 1 saturated carbocycles. The highest BCUT2D eigenvalue weighted by Gasteiger charge is 2.30. The maximum absolute atomic E-state index is 13.7. The van der Waals surface area contributed by atoms with Crippen molar-refractivity contribution in [3.05, 3.63) is 62.8 Å². The third kappa shape index (κ3) is 3.07. The second-order valence-corrected chi connectivity index (χ2v) is 7.02.